The summed E-state index contributed by atoms with van der Waals surface area (Å²) in [5.74, 6) is -1.13. The summed E-state index contributed by atoms with van der Waals surface area (Å²) in [5.41, 5.74) is 0. The smallest absolute Gasteiger partial charge is 0.325 e. The topological polar surface area (TPSA) is 114 Å². The normalized spacial score (nSPS) is 11.2. The number of amides is 3. The first kappa shape index (κ1) is 20.2. The molecule has 0 saturated carbocycles. The molecule has 8 nitrogen and oxygen atoms in total. The highest BCUT2D eigenvalue weighted by atomic mass is 32.2. The third kappa shape index (κ3) is 10.0. The monoisotopic (exact) mass is 333 g/mol. The highest BCUT2D eigenvalue weighted by molar-refractivity contribution is 7.98. The van der Waals surface area contributed by atoms with Crippen molar-refractivity contribution in [3.8, 4) is 0 Å². The molecule has 0 radical (unpaired) electrons. The predicted octanol–water partition coefficient (Wildman–Crippen LogP) is -0.960. The van der Waals surface area contributed by atoms with Crippen LogP contribution in [-0.4, -0.2) is 61.4 Å². The van der Waals surface area contributed by atoms with Gasteiger partial charge in [-0.05, 0) is 25.4 Å². The fraction of sp³-hybridized carbons (Fsp3) is 0.692. The maximum atomic E-state index is 12.0. The fourth-order valence-corrected chi connectivity index (χ4v) is 1.92. The minimum atomic E-state index is -0.761. The van der Waals surface area contributed by atoms with Gasteiger partial charge >= 0.3 is 5.97 Å². The summed E-state index contributed by atoms with van der Waals surface area (Å²) in [6.07, 6.45) is 2.30. The lowest BCUT2D eigenvalue weighted by Gasteiger charge is -2.18. The Bertz CT molecular complexity index is 403. The summed E-state index contributed by atoms with van der Waals surface area (Å²) >= 11 is 1.53. The van der Waals surface area contributed by atoms with Crippen LogP contribution in [0.25, 0.3) is 0 Å². The highest BCUT2D eigenvalue weighted by Gasteiger charge is 2.21. The van der Waals surface area contributed by atoms with Crippen LogP contribution in [0.15, 0.2) is 0 Å². The molecular formula is C13H23N3O5S. The van der Waals surface area contributed by atoms with Gasteiger partial charge in [-0.2, -0.15) is 11.8 Å². The minimum Gasteiger partial charge on any atom is -0.465 e. The van der Waals surface area contributed by atoms with Crippen molar-refractivity contribution in [2.75, 3.05) is 31.7 Å². The Morgan fingerprint density at radius 1 is 1.14 bits per heavy atom. The summed E-state index contributed by atoms with van der Waals surface area (Å²) in [6, 6.07) is -0.761. The van der Waals surface area contributed by atoms with Crippen molar-refractivity contribution < 1.29 is 23.9 Å². The van der Waals surface area contributed by atoms with E-state index in [1.807, 2.05) is 6.26 Å². The second-order valence-corrected chi connectivity index (χ2v) is 5.32. The van der Waals surface area contributed by atoms with Crippen LogP contribution in [0.4, 0.5) is 0 Å². The number of ether oxygens (including phenoxy) is 1. The summed E-state index contributed by atoms with van der Waals surface area (Å²) in [7, 11) is 0. The predicted molar refractivity (Wildman–Crippen MR) is 83.3 cm³/mol. The van der Waals surface area contributed by atoms with Crippen LogP contribution in [-0.2, 0) is 23.9 Å². The van der Waals surface area contributed by atoms with Gasteiger partial charge in [0.25, 0.3) is 0 Å². The summed E-state index contributed by atoms with van der Waals surface area (Å²) in [4.78, 5) is 45.6. The molecule has 0 spiro atoms. The molecule has 0 fully saturated rings. The zero-order valence-corrected chi connectivity index (χ0v) is 13.9. The molecule has 0 bridgehead atoms. The van der Waals surface area contributed by atoms with Gasteiger partial charge in [-0.25, -0.2) is 0 Å². The van der Waals surface area contributed by atoms with Crippen molar-refractivity contribution in [3.05, 3.63) is 0 Å². The zero-order chi connectivity index (χ0) is 17.0. The molecule has 9 heteroatoms. The Kier molecular flexibility index (Phi) is 10.9. The molecule has 0 unspecified atom stereocenters. The average molecular weight is 333 g/mol. The molecule has 0 aromatic rings. The van der Waals surface area contributed by atoms with Gasteiger partial charge in [0.15, 0.2) is 0 Å². The third-order valence-electron chi connectivity index (χ3n) is 2.47. The molecular weight excluding hydrogens is 310 g/mol. The number of hydrogen-bond donors (Lipinski definition) is 3. The lowest BCUT2D eigenvalue weighted by Crippen LogP contribution is -2.50. The van der Waals surface area contributed by atoms with E-state index in [-0.39, 0.29) is 25.6 Å². The van der Waals surface area contributed by atoms with Crippen LogP contribution in [0.2, 0.25) is 0 Å². The molecule has 0 heterocycles. The molecule has 0 aromatic heterocycles. The van der Waals surface area contributed by atoms with Gasteiger partial charge < -0.3 is 20.7 Å². The third-order valence-corrected chi connectivity index (χ3v) is 3.12. The van der Waals surface area contributed by atoms with Crippen molar-refractivity contribution in [2.45, 2.75) is 26.3 Å². The van der Waals surface area contributed by atoms with Crippen molar-refractivity contribution in [1.82, 2.24) is 16.0 Å². The van der Waals surface area contributed by atoms with E-state index in [4.69, 9.17) is 4.74 Å². The molecule has 0 aliphatic heterocycles. The van der Waals surface area contributed by atoms with E-state index in [1.165, 1.54) is 18.7 Å². The van der Waals surface area contributed by atoms with Crippen molar-refractivity contribution in [2.24, 2.45) is 0 Å². The van der Waals surface area contributed by atoms with E-state index >= 15 is 0 Å². The molecule has 0 aliphatic carbocycles. The number of carbonyl (C=O) groups excluding carboxylic acids is 4. The molecule has 3 N–H and O–H groups in total. The lowest BCUT2D eigenvalue weighted by molar-refractivity contribution is -0.143. The Hall–Kier alpha value is -1.77. The van der Waals surface area contributed by atoms with Crippen LogP contribution in [0.1, 0.15) is 20.3 Å². The van der Waals surface area contributed by atoms with Crippen molar-refractivity contribution in [3.63, 3.8) is 0 Å². The van der Waals surface area contributed by atoms with Gasteiger partial charge in [0.1, 0.15) is 12.6 Å². The minimum absolute atomic E-state index is 0.198. The van der Waals surface area contributed by atoms with Crippen LogP contribution in [0.5, 0.6) is 0 Å². The van der Waals surface area contributed by atoms with E-state index < -0.39 is 23.8 Å². The van der Waals surface area contributed by atoms with E-state index in [0.717, 1.165) is 0 Å². The molecule has 0 aromatic carbocycles. The Morgan fingerprint density at radius 3 is 2.36 bits per heavy atom. The standard InChI is InChI=1S/C13H23N3O5S/c1-4-21-12(19)8-15-13(20)10(5-6-22-3)16-11(18)7-14-9(2)17/h10H,4-8H2,1-3H3,(H,14,17)(H,15,20)(H,16,18)/t10-/m0/s1. The van der Waals surface area contributed by atoms with E-state index in [0.29, 0.717) is 12.2 Å². The molecule has 126 valence electrons. The largest absolute Gasteiger partial charge is 0.465 e. The van der Waals surface area contributed by atoms with Crippen molar-refractivity contribution >= 4 is 35.5 Å². The average Bonchev–Trinajstić information content (AvgIpc) is 2.47. The number of thioether (sulfide) groups is 1. The van der Waals surface area contributed by atoms with Gasteiger partial charge in [0.2, 0.25) is 17.7 Å². The fourth-order valence-electron chi connectivity index (χ4n) is 1.45. The number of carbonyl (C=O) groups is 4. The highest BCUT2D eigenvalue weighted by Crippen LogP contribution is 2.01. The first-order chi connectivity index (χ1) is 10.4. The van der Waals surface area contributed by atoms with Crippen LogP contribution < -0.4 is 16.0 Å². The zero-order valence-electron chi connectivity index (χ0n) is 13.1. The second-order valence-electron chi connectivity index (χ2n) is 4.33. The first-order valence-electron chi connectivity index (χ1n) is 6.86. The number of rotatable bonds is 10. The van der Waals surface area contributed by atoms with Crippen molar-refractivity contribution in [1.29, 1.82) is 0 Å². The quantitative estimate of drug-likeness (QED) is 0.444. The van der Waals surface area contributed by atoms with Gasteiger partial charge in [-0.1, -0.05) is 0 Å². The molecule has 3 amide bonds. The lowest BCUT2D eigenvalue weighted by atomic mass is 10.2. The number of esters is 1. The van der Waals surface area contributed by atoms with Crippen LogP contribution in [0.3, 0.4) is 0 Å². The summed E-state index contributed by atoms with van der Waals surface area (Å²) in [6.45, 7) is 2.76. The van der Waals surface area contributed by atoms with Gasteiger partial charge in [0.05, 0.1) is 13.2 Å². The van der Waals surface area contributed by atoms with Gasteiger partial charge in [-0.15, -0.1) is 0 Å². The maximum Gasteiger partial charge on any atom is 0.325 e. The van der Waals surface area contributed by atoms with Crippen LogP contribution >= 0.6 is 11.8 Å². The van der Waals surface area contributed by atoms with Gasteiger partial charge in [-0.3, -0.25) is 19.2 Å². The maximum absolute atomic E-state index is 12.0. The Labute approximate surface area is 134 Å². The number of hydrogen-bond acceptors (Lipinski definition) is 6. The Balaban J connectivity index is 4.41. The van der Waals surface area contributed by atoms with Crippen LogP contribution in [0, 0.1) is 0 Å². The second kappa shape index (κ2) is 11.8. The SMILES string of the molecule is CCOC(=O)CNC(=O)[C@H](CCSC)NC(=O)CNC(C)=O. The number of nitrogens with one attached hydrogen (secondary N) is 3. The van der Waals surface area contributed by atoms with E-state index in [1.54, 1.807) is 6.92 Å². The summed E-state index contributed by atoms with van der Waals surface area (Å²) < 4.78 is 4.71. The molecule has 0 saturated heterocycles. The molecule has 1 atom stereocenters. The summed E-state index contributed by atoms with van der Waals surface area (Å²) in [5, 5.41) is 7.30. The van der Waals surface area contributed by atoms with Gasteiger partial charge in [0, 0.05) is 6.92 Å². The molecule has 0 rings (SSSR count). The molecule has 22 heavy (non-hydrogen) atoms. The first-order valence-corrected chi connectivity index (χ1v) is 8.26. The van der Waals surface area contributed by atoms with E-state index in [2.05, 4.69) is 16.0 Å². The van der Waals surface area contributed by atoms with E-state index in [9.17, 15) is 19.2 Å². The molecule has 0 aliphatic rings. The Morgan fingerprint density at radius 2 is 1.82 bits per heavy atom.